The SMILES string of the molecule is CC(C(=O)NC(N)=O)N1CCSc2ccc(N)cc21. The molecule has 0 bridgehead atoms. The van der Waals surface area contributed by atoms with Crippen molar-refractivity contribution in [2.45, 2.75) is 17.9 Å². The van der Waals surface area contributed by atoms with Crippen LogP contribution in [0.5, 0.6) is 0 Å². The fraction of sp³-hybridized carbons (Fsp3) is 0.333. The minimum absolute atomic E-state index is 0.409. The summed E-state index contributed by atoms with van der Waals surface area (Å²) in [4.78, 5) is 25.6. The Morgan fingerprint density at radius 2 is 2.21 bits per heavy atom. The second-order valence-corrected chi connectivity index (χ2v) is 5.44. The number of nitrogens with one attached hydrogen (secondary N) is 1. The third-order valence-corrected chi connectivity index (χ3v) is 4.02. The van der Waals surface area contributed by atoms with Crippen LogP contribution in [-0.4, -0.2) is 30.3 Å². The molecule has 1 heterocycles. The summed E-state index contributed by atoms with van der Waals surface area (Å²) in [5.41, 5.74) is 12.3. The highest BCUT2D eigenvalue weighted by atomic mass is 32.2. The summed E-state index contributed by atoms with van der Waals surface area (Å²) in [7, 11) is 0. The van der Waals surface area contributed by atoms with Gasteiger partial charge in [0.1, 0.15) is 6.04 Å². The number of carbonyl (C=O) groups is 2. The number of fused-ring (bicyclic) bond motifs is 1. The Kier molecular flexibility index (Phi) is 3.84. The number of nitrogen functional groups attached to an aromatic ring is 1. The fourth-order valence-corrected chi connectivity index (χ4v) is 3.02. The zero-order valence-corrected chi connectivity index (χ0v) is 11.4. The third-order valence-electron chi connectivity index (χ3n) is 2.98. The molecule has 1 aliphatic rings. The first-order valence-electron chi connectivity index (χ1n) is 5.88. The Bertz CT molecular complexity index is 520. The van der Waals surface area contributed by atoms with Crippen LogP contribution in [0, 0.1) is 0 Å². The molecule has 3 amide bonds. The van der Waals surface area contributed by atoms with Gasteiger partial charge in [0.05, 0.1) is 5.69 Å². The average molecular weight is 280 g/mol. The van der Waals surface area contributed by atoms with E-state index in [1.54, 1.807) is 18.7 Å². The molecule has 1 aromatic carbocycles. The van der Waals surface area contributed by atoms with Gasteiger partial charge < -0.3 is 16.4 Å². The normalized spacial score (nSPS) is 15.5. The lowest BCUT2D eigenvalue weighted by Crippen LogP contribution is -2.50. The molecule has 0 fully saturated rings. The Hall–Kier alpha value is -1.89. The molecule has 1 aromatic rings. The van der Waals surface area contributed by atoms with E-state index in [0.717, 1.165) is 16.3 Å². The lowest BCUT2D eigenvalue weighted by Gasteiger charge is -2.35. The molecule has 0 aromatic heterocycles. The average Bonchev–Trinajstić information content (AvgIpc) is 2.36. The lowest BCUT2D eigenvalue weighted by atomic mass is 10.2. The van der Waals surface area contributed by atoms with Crippen molar-refractivity contribution >= 4 is 35.1 Å². The van der Waals surface area contributed by atoms with E-state index >= 15 is 0 Å². The second-order valence-electron chi connectivity index (χ2n) is 4.30. The predicted molar refractivity (Wildman–Crippen MR) is 76.1 cm³/mol. The van der Waals surface area contributed by atoms with Crippen molar-refractivity contribution in [3.8, 4) is 0 Å². The first kappa shape index (κ1) is 13.5. The van der Waals surface area contributed by atoms with Gasteiger partial charge in [0, 0.05) is 22.9 Å². The molecule has 7 heteroatoms. The van der Waals surface area contributed by atoms with Gasteiger partial charge in [-0.2, -0.15) is 0 Å². The Balaban J connectivity index is 2.25. The highest BCUT2D eigenvalue weighted by molar-refractivity contribution is 7.99. The number of benzene rings is 1. The summed E-state index contributed by atoms with van der Waals surface area (Å²) < 4.78 is 0. The predicted octanol–water partition coefficient (Wildman–Crippen LogP) is 0.764. The molecule has 2 rings (SSSR count). The molecule has 5 N–H and O–H groups in total. The number of urea groups is 1. The maximum atomic E-state index is 11.9. The van der Waals surface area contributed by atoms with Crippen molar-refractivity contribution in [3.05, 3.63) is 18.2 Å². The molecule has 6 nitrogen and oxygen atoms in total. The molecule has 0 spiro atoms. The Morgan fingerprint density at radius 1 is 1.47 bits per heavy atom. The molecule has 0 radical (unpaired) electrons. The van der Waals surface area contributed by atoms with Crippen molar-refractivity contribution < 1.29 is 9.59 Å². The number of anilines is 2. The van der Waals surface area contributed by atoms with E-state index in [2.05, 4.69) is 5.32 Å². The Labute approximate surface area is 115 Å². The van der Waals surface area contributed by atoms with Gasteiger partial charge in [-0.3, -0.25) is 10.1 Å². The fourth-order valence-electron chi connectivity index (χ4n) is 2.02. The number of nitrogens with two attached hydrogens (primary N) is 2. The van der Waals surface area contributed by atoms with Gasteiger partial charge in [-0.05, 0) is 25.1 Å². The Morgan fingerprint density at radius 3 is 2.89 bits per heavy atom. The van der Waals surface area contributed by atoms with Crippen molar-refractivity contribution in [1.82, 2.24) is 5.32 Å². The molecule has 1 aliphatic heterocycles. The van der Waals surface area contributed by atoms with Crippen LogP contribution in [0.15, 0.2) is 23.1 Å². The first-order chi connectivity index (χ1) is 8.99. The van der Waals surface area contributed by atoms with Gasteiger partial charge in [-0.1, -0.05) is 0 Å². The minimum Gasteiger partial charge on any atom is -0.399 e. The molecule has 0 saturated carbocycles. The number of primary amides is 1. The number of nitrogens with zero attached hydrogens (tertiary/aromatic N) is 1. The van der Waals surface area contributed by atoms with Gasteiger partial charge in [0.2, 0.25) is 5.91 Å². The van der Waals surface area contributed by atoms with Crippen LogP contribution >= 0.6 is 11.8 Å². The summed E-state index contributed by atoms with van der Waals surface area (Å²) in [5.74, 6) is 0.471. The quantitative estimate of drug-likeness (QED) is 0.694. The summed E-state index contributed by atoms with van der Waals surface area (Å²) in [6.07, 6.45) is 0. The first-order valence-corrected chi connectivity index (χ1v) is 6.87. The van der Waals surface area contributed by atoms with Crippen molar-refractivity contribution in [2.75, 3.05) is 22.9 Å². The number of carbonyl (C=O) groups excluding carboxylic acids is 2. The molecule has 0 saturated heterocycles. The van der Waals surface area contributed by atoms with E-state index < -0.39 is 18.0 Å². The molecule has 0 aliphatic carbocycles. The number of rotatable bonds is 2. The molecule has 1 unspecified atom stereocenters. The van der Waals surface area contributed by atoms with E-state index in [9.17, 15) is 9.59 Å². The van der Waals surface area contributed by atoms with E-state index in [0.29, 0.717) is 12.2 Å². The standard InChI is InChI=1S/C12H16N4O2S/c1-7(11(17)15-12(14)18)16-4-5-19-10-3-2-8(13)6-9(10)16/h2-3,6-7H,4-5,13H2,1H3,(H3,14,15,17,18). The largest absolute Gasteiger partial charge is 0.399 e. The maximum absolute atomic E-state index is 11.9. The van der Waals surface area contributed by atoms with E-state index in [4.69, 9.17) is 11.5 Å². The van der Waals surface area contributed by atoms with Gasteiger partial charge in [0.25, 0.3) is 0 Å². The highest BCUT2D eigenvalue weighted by Crippen LogP contribution is 2.36. The van der Waals surface area contributed by atoms with Gasteiger partial charge in [-0.15, -0.1) is 11.8 Å². The van der Waals surface area contributed by atoms with Gasteiger partial charge >= 0.3 is 6.03 Å². The van der Waals surface area contributed by atoms with Crippen molar-refractivity contribution in [1.29, 1.82) is 0 Å². The van der Waals surface area contributed by atoms with Crippen LogP contribution in [0.25, 0.3) is 0 Å². The number of hydrogen-bond acceptors (Lipinski definition) is 5. The van der Waals surface area contributed by atoms with Crippen LogP contribution < -0.4 is 21.7 Å². The topological polar surface area (TPSA) is 101 Å². The minimum atomic E-state index is -0.837. The molecular formula is C12H16N4O2S. The van der Waals surface area contributed by atoms with Gasteiger partial charge in [0.15, 0.2) is 0 Å². The van der Waals surface area contributed by atoms with Crippen LogP contribution in [-0.2, 0) is 4.79 Å². The summed E-state index contributed by atoms with van der Waals surface area (Å²) in [6, 6.07) is 4.31. The van der Waals surface area contributed by atoms with Crippen molar-refractivity contribution in [3.63, 3.8) is 0 Å². The second kappa shape index (κ2) is 5.40. The lowest BCUT2D eigenvalue weighted by molar-refractivity contribution is -0.120. The molecule has 19 heavy (non-hydrogen) atoms. The summed E-state index contributed by atoms with van der Waals surface area (Å²) in [6.45, 7) is 2.45. The third kappa shape index (κ3) is 2.93. The molecule has 1 atom stereocenters. The number of hydrogen-bond donors (Lipinski definition) is 3. The van der Waals surface area contributed by atoms with Gasteiger partial charge in [-0.25, -0.2) is 4.79 Å². The number of amides is 3. The smallest absolute Gasteiger partial charge is 0.318 e. The molecular weight excluding hydrogens is 264 g/mol. The summed E-state index contributed by atoms with van der Waals surface area (Å²) >= 11 is 1.72. The van der Waals surface area contributed by atoms with Crippen LogP contribution in [0.2, 0.25) is 0 Å². The van der Waals surface area contributed by atoms with Crippen molar-refractivity contribution in [2.24, 2.45) is 5.73 Å². The highest BCUT2D eigenvalue weighted by Gasteiger charge is 2.27. The zero-order chi connectivity index (χ0) is 14.0. The molecule has 102 valence electrons. The van der Waals surface area contributed by atoms with Crippen LogP contribution in [0.1, 0.15) is 6.92 Å². The summed E-state index contributed by atoms with van der Waals surface area (Å²) in [5, 5.41) is 2.11. The van der Waals surface area contributed by atoms with E-state index in [1.807, 2.05) is 23.1 Å². The number of imide groups is 1. The number of thioether (sulfide) groups is 1. The van der Waals surface area contributed by atoms with Crippen LogP contribution in [0.3, 0.4) is 0 Å². The van der Waals surface area contributed by atoms with E-state index in [1.165, 1.54) is 0 Å². The van der Waals surface area contributed by atoms with Crippen LogP contribution in [0.4, 0.5) is 16.2 Å². The maximum Gasteiger partial charge on any atom is 0.318 e. The zero-order valence-electron chi connectivity index (χ0n) is 10.6. The monoisotopic (exact) mass is 280 g/mol. The van der Waals surface area contributed by atoms with E-state index in [-0.39, 0.29) is 0 Å².